The first-order valence-corrected chi connectivity index (χ1v) is 6.09. The Morgan fingerprint density at radius 1 is 1.50 bits per heavy atom. The van der Waals surface area contributed by atoms with E-state index in [-0.39, 0.29) is 5.91 Å². The van der Waals surface area contributed by atoms with Crippen LogP contribution in [0.15, 0.2) is 24.5 Å². The summed E-state index contributed by atoms with van der Waals surface area (Å²) in [5.41, 5.74) is 1.69. The molecule has 96 valence electrons. The van der Waals surface area contributed by atoms with Gasteiger partial charge in [0.15, 0.2) is 0 Å². The van der Waals surface area contributed by atoms with E-state index in [1.165, 1.54) is 0 Å². The van der Waals surface area contributed by atoms with Crippen molar-refractivity contribution in [1.82, 2.24) is 25.3 Å². The number of hydrogen-bond donors (Lipinski definition) is 2. The Hall–Kier alpha value is -2.11. The van der Waals surface area contributed by atoms with Crippen molar-refractivity contribution in [3.63, 3.8) is 0 Å². The number of aromatic amines is 1. The SMILES string of the molecule is CCc1ccc(C(=O)NCCCn2ccnn2)[nH]1. The zero-order valence-corrected chi connectivity index (χ0v) is 10.4. The Morgan fingerprint density at radius 2 is 2.39 bits per heavy atom. The lowest BCUT2D eigenvalue weighted by molar-refractivity contribution is 0.0948. The summed E-state index contributed by atoms with van der Waals surface area (Å²) >= 11 is 0. The summed E-state index contributed by atoms with van der Waals surface area (Å²) in [4.78, 5) is 14.8. The van der Waals surface area contributed by atoms with Crippen LogP contribution in [0.1, 0.15) is 29.5 Å². The molecular weight excluding hydrogens is 230 g/mol. The van der Waals surface area contributed by atoms with Crippen molar-refractivity contribution in [3.8, 4) is 0 Å². The van der Waals surface area contributed by atoms with Gasteiger partial charge in [0.2, 0.25) is 0 Å². The van der Waals surface area contributed by atoms with E-state index >= 15 is 0 Å². The predicted octanol–water partition coefficient (Wildman–Crippen LogP) is 0.989. The van der Waals surface area contributed by atoms with Gasteiger partial charge in [0.1, 0.15) is 5.69 Å². The maximum absolute atomic E-state index is 11.8. The molecule has 1 amide bonds. The van der Waals surface area contributed by atoms with Crippen molar-refractivity contribution in [3.05, 3.63) is 35.9 Å². The van der Waals surface area contributed by atoms with Gasteiger partial charge in [0.25, 0.3) is 5.91 Å². The predicted molar refractivity (Wildman–Crippen MR) is 67.1 cm³/mol. The molecule has 0 saturated carbocycles. The minimum atomic E-state index is -0.0618. The molecule has 0 spiro atoms. The van der Waals surface area contributed by atoms with Gasteiger partial charge in [-0.25, -0.2) is 0 Å². The number of aryl methyl sites for hydroxylation is 2. The maximum Gasteiger partial charge on any atom is 0.267 e. The van der Waals surface area contributed by atoms with Crippen molar-refractivity contribution < 1.29 is 4.79 Å². The molecule has 0 atom stereocenters. The van der Waals surface area contributed by atoms with Crippen molar-refractivity contribution in [1.29, 1.82) is 0 Å². The minimum absolute atomic E-state index is 0.0618. The number of amides is 1. The third-order valence-corrected chi connectivity index (χ3v) is 2.69. The highest BCUT2D eigenvalue weighted by Crippen LogP contribution is 2.02. The first-order valence-electron chi connectivity index (χ1n) is 6.09. The quantitative estimate of drug-likeness (QED) is 0.747. The molecule has 6 nitrogen and oxygen atoms in total. The van der Waals surface area contributed by atoms with Gasteiger partial charge in [-0.3, -0.25) is 9.48 Å². The summed E-state index contributed by atoms with van der Waals surface area (Å²) in [5.74, 6) is -0.0618. The molecule has 0 saturated heterocycles. The number of carbonyl (C=O) groups is 1. The Bertz CT molecular complexity index is 488. The molecule has 2 heterocycles. The lowest BCUT2D eigenvalue weighted by atomic mass is 10.3. The van der Waals surface area contributed by atoms with Crippen LogP contribution in [0.3, 0.4) is 0 Å². The van der Waals surface area contributed by atoms with E-state index in [0.717, 1.165) is 25.1 Å². The van der Waals surface area contributed by atoms with Gasteiger partial charge >= 0.3 is 0 Å². The number of carbonyl (C=O) groups excluding carboxylic acids is 1. The van der Waals surface area contributed by atoms with Crippen LogP contribution in [0.5, 0.6) is 0 Å². The molecule has 0 aliphatic carbocycles. The third kappa shape index (κ3) is 3.19. The van der Waals surface area contributed by atoms with Gasteiger partial charge in [-0.2, -0.15) is 0 Å². The van der Waals surface area contributed by atoms with E-state index in [1.54, 1.807) is 17.1 Å². The van der Waals surface area contributed by atoms with Crippen LogP contribution in [0, 0.1) is 0 Å². The van der Waals surface area contributed by atoms with Gasteiger partial charge < -0.3 is 10.3 Å². The molecule has 2 rings (SSSR count). The second-order valence-electron chi connectivity index (χ2n) is 4.03. The fourth-order valence-electron chi connectivity index (χ4n) is 1.67. The fourth-order valence-corrected chi connectivity index (χ4v) is 1.67. The van der Waals surface area contributed by atoms with E-state index in [4.69, 9.17) is 0 Å². The molecule has 2 N–H and O–H groups in total. The lowest BCUT2D eigenvalue weighted by Gasteiger charge is -2.03. The Morgan fingerprint density at radius 3 is 3.06 bits per heavy atom. The topological polar surface area (TPSA) is 75.6 Å². The van der Waals surface area contributed by atoms with Gasteiger partial charge in [-0.1, -0.05) is 12.1 Å². The monoisotopic (exact) mass is 247 g/mol. The summed E-state index contributed by atoms with van der Waals surface area (Å²) in [6.45, 7) is 3.43. The first kappa shape index (κ1) is 12.3. The number of aromatic nitrogens is 4. The standard InChI is InChI=1S/C12H17N5O/c1-2-10-4-5-11(15-10)12(18)13-6-3-8-17-9-7-14-16-17/h4-5,7,9,15H,2-3,6,8H2,1H3,(H,13,18). The van der Waals surface area contributed by atoms with Crippen molar-refractivity contribution in [2.75, 3.05) is 6.54 Å². The zero-order chi connectivity index (χ0) is 12.8. The summed E-state index contributed by atoms with van der Waals surface area (Å²) in [5, 5.41) is 10.4. The van der Waals surface area contributed by atoms with Crippen LogP contribution in [0.25, 0.3) is 0 Å². The minimum Gasteiger partial charge on any atom is -0.354 e. The lowest BCUT2D eigenvalue weighted by Crippen LogP contribution is -2.25. The third-order valence-electron chi connectivity index (χ3n) is 2.69. The Balaban J connectivity index is 1.71. The second kappa shape index (κ2) is 6.00. The molecule has 0 aliphatic heterocycles. The number of H-pyrrole nitrogens is 1. The molecule has 0 bridgehead atoms. The summed E-state index contributed by atoms with van der Waals surface area (Å²) in [6, 6.07) is 3.75. The number of rotatable bonds is 6. The van der Waals surface area contributed by atoms with Crippen LogP contribution in [-0.2, 0) is 13.0 Å². The van der Waals surface area contributed by atoms with E-state index in [0.29, 0.717) is 12.2 Å². The molecule has 2 aromatic rings. The van der Waals surface area contributed by atoms with Gasteiger partial charge in [-0.05, 0) is 25.0 Å². The number of nitrogens with one attached hydrogen (secondary N) is 2. The highest BCUT2D eigenvalue weighted by atomic mass is 16.1. The van der Waals surface area contributed by atoms with Crippen molar-refractivity contribution >= 4 is 5.91 Å². The van der Waals surface area contributed by atoms with Gasteiger partial charge in [0, 0.05) is 25.0 Å². The molecular formula is C12H17N5O. The van der Waals surface area contributed by atoms with Crippen LogP contribution in [0.4, 0.5) is 0 Å². The molecule has 0 fully saturated rings. The number of nitrogens with zero attached hydrogens (tertiary/aromatic N) is 3. The second-order valence-corrected chi connectivity index (χ2v) is 4.03. The van der Waals surface area contributed by atoms with E-state index in [1.807, 2.05) is 19.1 Å². The highest BCUT2D eigenvalue weighted by molar-refractivity contribution is 5.92. The molecule has 0 aromatic carbocycles. The molecule has 2 aromatic heterocycles. The summed E-state index contributed by atoms with van der Waals surface area (Å²) in [6.07, 6.45) is 5.18. The van der Waals surface area contributed by atoms with Crippen molar-refractivity contribution in [2.45, 2.75) is 26.3 Å². The average Bonchev–Trinajstić information content (AvgIpc) is 3.05. The molecule has 0 unspecified atom stereocenters. The first-order chi connectivity index (χ1) is 8.79. The largest absolute Gasteiger partial charge is 0.354 e. The number of hydrogen-bond acceptors (Lipinski definition) is 3. The van der Waals surface area contributed by atoms with Crippen LogP contribution in [-0.4, -0.2) is 32.4 Å². The van der Waals surface area contributed by atoms with E-state index in [9.17, 15) is 4.79 Å². The normalized spacial score (nSPS) is 10.5. The smallest absolute Gasteiger partial charge is 0.267 e. The van der Waals surface area contributed by atoms with Gasteiger partial charge in [-0.15, -0.1) is 5.10 Å². The van der Waals surface area contributed by atoms with E-state index < -0.39 is 0 Å². The van der Waals surface area contributed by atoms with Crippen LogP contribution < -0.4 is 5.32 Å². The summed E-state index contributed by atoms with van der Waals surface area (Å²) in [7, 11) is 0. The van der Waals surface area contributed by atoms with E-state index in [2.05, 4.69) is 20.6 Å². The Labute approximate surface area is 105 Å². The molecule has 18 heavy (non-hydrogen) atoms. The fraction of sp³-hybridized carbons (Fsp3) is 0.417. The summed E-state index contributed by atoms with van der Waals surface area (Å²) < 4.78 is 1.75. The maximum atomic E-state index is 11.8. The highest BCUT2D eigenvalue weighted by Gasteiger charge is 2.06. The molecule has 6 heteroatoms. The van der Waals surface area contributed by atoms with Crippen LogP contribution in [0.2, 0.25) is 0 Å². The van der Waals surface area contributed by atoms with Gasteiger partial charge in [0.05, 0.1) is 6.20 Å². The van der Waals surface area contributed by atoms with Crippen molar-refractivity contribution in [2.24, 2.45) is 0 Å². The molecule has 0 radical (unpaired) electrons. The van der Waals surface area contributed by atoms with Crippen LogP contribution >= 0.6 is 0 Å². The average molecular weight is 247 g/mol. The Kier molecular flexibility index (Phi) is 4.11. The molecule has 0 aliphatic rings. The zero-order valence-electron chi connectivity index (χ0n) is 10.4.